The molecule has 1 aromatic rings. The first-order valence-electron chi connectivity index (χ1n) is 5.17. The lowest BCUT2D eigenvalue weighted by Gasteiger charge is -2.11. The minimum absolute atomic E-state index is 0.0408. The van der Waals surface area contributed by atoms with Crippen LogP contribution < -0.4 is 15.8 Å². The van der Waals surface area contributed by atoms with Crippen molar-refractivity contribution in [3.8, 4) is 0 Å². The SMILES string of the molecule is NC(=S)Nc1ccccc1S(=O)(=O)NC1CC1. The normalized spacial score (nSPS) is 15.5. The Morgan fingerprint density at radius 1 is 1.35 bits per heavy atom. The molecule has 1 saturated carbocycles. The highest BCUT2D eigenvalue weighted by Gasteiger charge is 2.29. The first kappa shape index (κ1) is 12.3. The number of para-hydroxylation sites is 1. The molecule has 0 atom stereocenters. The zero-order valence-electron chi connectivity index (χ0n) is 9.01. The molecule has 5 nitrogen and oxygen atoms in total. The molecular weight excluding hydrogens is 258 g/mol. The van der Waals surface area contributed by atoms with E-state index in [1.165, 1.54) is 6.07 Å². The van der Waals surface area contributed by atoms with Crippen molar-refractivity contribution in [2.24, 2.45) is 5.73 Å². The standard InChI is InChI=1S/C10H13N3O2S2/c11-10(16)12-8-3-1-2-4-9(8)17(14,15)13-7-5-6-7/h1-4,7,13H,5-6H2,(H3,11,12,16). The summed E-state index contributed by atoms with van der Waals surface area (Å²) < 4.78 is 26.7. The molecule has 1 aliphatic carbocycles. The number of hydrogen-bond donors (Lipinski definition) is 3. The molecule has 0 aromatic heterocycles. The summed E-state index contributed by atoms with van der Waals surface area (Å²) in [7, 11) is -3.50. The molecule has 0 unspecified atom stereocenters. The van der Waals surface area contributed by atoms with Crippen LogP contribution in [0.2, 0.25) is 0 Å². The average Bonchev–Trinajstić information content (AvgIpc) is 3.00. The van der Waals surface area contributed by atoms with Gasteiger partial charge in [-0.15, -0.1) is 0 Å². The van der Waals surface area contributed by atoms with E-state index in [0.717, 1.165) is 12.8 Å². The first-order chi connectivity index (χ1) is 7.99. The predicted molar refractivity (Wildman–Crippen MR) is 70.2 cm³/mol. The van der Waals surface area contributed by atoms with E-state index in [0.29, 0.717) is 5.69 Å². The van der Waals surface area contributed by atoms with Gasteiger partial charge in [0.25, 0.3) is 0 Å². The maximum absolute atomic E-state index is 12.0. The molecule has 2 rings (SSSR count). The van der Waals surface area contributed by atoms with Crippen LogP contribution in [0.25, 0.3) is 0 Å². The van der Waals surface area contributed by atoms with Crippen molar-refractivity contribution in [3.05, 3.63) is 24.3 Å². The van der Waals surface area contributed by atoms with Crippen molar-refractivity contribution >= 4 is 33.0 Å². The van der Waals surface area contributed by atoms with Crippen LogP contribution in [0.15, 0.2) is 29.2 Å². The summed E-state index contributed by atoms with van der Waals surface area (Å²) >= 11 is 4.71. The third-order valence-corrected chi connectivity index (χ3v) is 4.01. The minimum atomic E-state index is -3.50. The molecule has 4 N–H and O–H groups in total. The fourth-order valence-electron chi connectivity index (χ4n) is 1.42. The molecule has 1 fully saturated rings. The fourth-order valence-corrected chi connectivity index (χ4v) is 3.00. The van der Waals surface area contributed by atoms with E-state index >= 15 is 0 Å². The number of thiocarbonyl (C=S) groups is 1. The summed E-state index contributed by atoms with van der Waals surface area (Å²) in [5.74, 6) is 0. The molecule has 0 spiro atoms. The Balaban J connectivity index is 2.32. The lowest BCUT2D eigenvalue weighted by Crippen LogP contribution is -2.28. The molecule has 1 aromatic carbocycles. The van der Waals surface area contributed by atoms with Gasteiger partial charge in [-0.05, 0) is 37.2 Å². The topological polar surface area (TPSA) is 84.2 Å². The van der Waals surface area contributed by atoms with Crippen molar-refractivity contribution in [1.29, 1.82) is 0 Å². The van der Waals surface area contributed by atoms with Gasteiger partial charge in [0, 0.05) is 6.04 Å². The second-order valence-electron chi connectivity index (χ2n) is 3.88. The first-order valence-corrected chi connectivity index (χ1v) is 7.06. The van der Waals surface area contributed by atoms with Crippen LogP contribution in [0.3, 0.4) is 0 Å². The number of anilines is 1. The molecule has 0 amide bonds. The third kappa shape index (κ3) is 3.15. The monoisotopic (exact) mass is 271 g/mol. The maximum Gasteiger partial charge on any atom is 0.242 e. The summed E-state index contributed by atoms with van der Waals surface area (Å²) in [4.78, 5) is 0.166. The average molecular weight is 271 g/mol. The van der Waals surface area contributed by atoms with Gasteiger partial charge in [-0.25, -0.2) is 13.1 Å². The summed E-state index contributed by atoms with van der Waals surface area (Å²) in [6.45, 7) is 0. The smallest absolute Gasteiger partial charge is 0.242 e. The van der Waals surface area contributed by atoms with E-state index in [-0.39, 0.29) is 16.0 Å². The molecule has 0 aliphatic heterocycles. The van der Waals surface area contributed by atoms with Crippen LogP contribution in [0.1, 0.15) is 12.8 Å². The van der Waals surface area contributed by atoms with E-state index in [2.05, 4.69) is 10.0 Å². The Labute approximate surface area is 105 Å². The summed E-state index contributed by atoms with van der Waals surface area (Å²) in [5.41, 5.74) is 5.75. The van der Waals surface area contributed by atoms with Crippen LogP contribution in [0.5, 0.6) is 0 Å². The number of rotatable bonds is 4. The molecule has 92 valence electrons. The van der Waals surface area contributed by atoms with Crippen molar-refractivity contribution in [2.45, 2.75) is 23.8 Å². The van der Waals surface area contributed by atoms with Crippen LogP contribution in [-0.4, -0.2) is 19.6 Å². The fraction of sp³-hybridized carbons (Fsp3) is 0.300. The molecule has 0 bridgehead atoms. The molecule has 1 aliphatic rings. The Hall–Kier alpha value is -1.18. The van der Waals surface area contributed by atoms with Crippen molar-refractivity contribution in [3.63, 3.8) is 0 Å². The van der Waals surface area contributed by atoms with Crippen molar-refractivity contribution in [1.82, 2.24) is 4.72 Å². The second-order valence-corrected chi connectivity index (χ2v) is 6.00. The van der Waals surface area contributed by atoms with Crippen LogP contribution in [-0.2, 0) is 10.0 Å². The summed E-state index contributed by atoms with van der Waals surface area (Å²) in [6.07, 6.45) is 1.79. The van der Waals surface area contributed by atoms with Crippen LogP contribution in [0.4, 0.5) is 5.69 Å². The van der Waals surface area contributed by atoms with Gasteiger partial charge in [0.15, 0.2) is 5.11 Å². The third-order valence-electron chi connectivity index (χ3n) is 2.33. The zero-order valence-corrected chi connectivity index (χ0v) is 10.6. The van der Waals surface area contributed by atoms with Gasteiger partial charge in [-0.2, -0.15) is 0 Å². The summed E-state index contributed by atoms with van der Waals surface area (Å²) in [5, 5.41) is 2.70. The predicted octanol–water partition coefficient (Wildman–Crippen LogP) is 0.783. The van der Waals surface area contributed by atoms with E-state index in [1.54, 1.807) is 18.2 Å². The quantitative estimate of drug-likeness (QED) is 0.705. The van der Waals surface area contributed by atoms with Crippen molar-refractivity contribution in [2.75, 3.05) is 5.32 Å². The molecule has 7 heteroatoms. The Morgan fingerprint density at radius 2 is 2.00 bits per heavy atom. The summed E-state index contributed by atoms with van der Waals surface area (Å²) in [6, 6.07) is 6.59. The Morgan fingerprint density at radius 3 is 2.59 bits per heavy atom. The zero-order chi connectivity index (χ0) is 12.5. The molecule has 0 heterocycles. The minimum Gasteiger partial charge on any atom is -0.376 e. The highest BCUT2D eigenvalue weighted by molar-refractivity contribution is 7.89. The number of sulfonamides is 1. The lowest BCUT2D eigenvalue weighted by molar-refractivity contribution is 0.581. The van der Waals surface area contributed by atoms with Gasteiger partial charge >= 0.3 is 0 Å². The van der Waals surface area contributed by atoms with Gasteiger partial charge in [0.05, 0.1) is 5.69 Å². The maximum atomic E-state index is 12.0. The van der Waals surface area contributed by atoms with E-state index in [4.69, 9.17) is 18.0 Å². The molecule has 0 radical (unpaired) electrons. The van der Waals surface area contributed by atoms with Gasteiger partial charge < -0.3 is 11.1 Å². The molecular formula is C10H13N3O2S2. The van der Waals surface area contributed by atoms with Crippen LogP contribution in [0, 0.1) is 0 Å². The van der Waals surface area contributed by atoms with E-state index in [1.807, 2.05) is 0 Å². The number of hydrogen-bond acceptors (Lipinski definition) is 3. The van der Waals surface area contributed by atoms with Gasteiger partial charge in [-0.1, -0.05) is 12.1 Å². The molecule has 17 heavy (non-hydrogen) atoms. The second kappa shape index (κ2) is 4.59. The van der Waals surface area contributed by atoms with Gasteiger partial charge in [0.2, 0.25) is 10.0 Å². The number of benzene rings is 1. The van der Waals surface area contributed by atoms with Crippen molar-refractivity contribution < 1.29 is 8.42 Å². The van der Waals surface area contributed by atoms with Crippen LogP contribution >= 0.6 is 12.2 Å². The van der Waals surface area contributed by atoms with E-state index in [9.17, 15) is 8.42 Å². The Kier molecular flexibility index (Phi) is 3.32. The Bertz CT molecular complexity index is 538. The highest BCUT2D eigenvalue weighted by Crippen LogP contribution is 2.25. The number of nitrogens with one attached hydrogen (secondary N) is 2. The van der Waals surface area contributed by atoms with Gasteiger partial charge in [-0.3, -0.25) is 0 Å². The van der Waals surface area contributed by atoms with E-state index < -0.39 is 10.0 Å². The molecule has 0 saturated heterocycles. The number of nitrogens with two attached hydrogens (primary N) is 1. The lowest BCUT2D eigenvalue weighted by atomic mass is 10.3. The van der Waals surface area contributed by atoms with Gasteiger partial charge in [0.1, 0.15) is 4.90 Å². The highest BCUT2D eigenvalue weighted by atomic mass is 32.2. The largest absolute Gasteiger partial charge is 0.376 e.